The first-order chi connectivity index (χ1) is 10.0. The monoisotopic (exact) mass is 461 g/mol. The maximum absolute atomic E-state index is 11.2. The van der Waals surface area contributed by atoms with Gasteiger partial charge in [-0.05, 0) is 55.9 Å². The summed E-state index contributed by atoms with van der Waals surface area (Å²) in [5, 5.41) is 35.8. The summed E-state index contributed by atoms with van der Waals surface area (Å²) < 4.78 is 1.07. The van der Waals surface area contributed by atoms with Gasteiger partial charge in [-0.25, -0.2) is 0 Å². The highest BCUT2D eigenvalue weighted by molar-refractivity contribution is 14.1. The van der Waals surface area contributed by atoms with Crippen LogP contribution in [-0.4, -0.2) is 25.5 Å². The van der Waals surface area contributed by atoms with Crippen LogP contribution in [0.1, 0.15) is 5.82 Å². The Labute approximate surface area is 139 Å². The minimum Gasteiger partial charge on any atom is -0.355 e. The van der Waals surface area contributed by atoms with Crippen molar-refractivity contribution in [3.05, 3.63) is 42.3 Å². The zero-order valence-corrected chi connectivity index (χ0v) is 13.8. The van der Waals surface area contributed by atoms with Crippen molar-refractivity contribution >= 4 is 55.5 Å². The van der Waals surface area contributed by atoms with E-state index in [0.717, 1.165) is 0 Å². The van der Waals surface area contributed by atoms with Gasteiger partial charge in [0, 0.05) is 10.7 Å². The first-order valence-electron chi connectivity index (χ1n) is 5.27. The van der Waals surface area contributed by atoms with Crippen molar-refractivity contribution in [2.24, 2.45) is 0 Å². The molecule has 0 atom stereocenters. The quantitative estimate of drug-likeness (QED) is 0.309. The third-order valence-electron chi connectivity index (χ3n) is 2.33. The van der Waals surface area contributed by atoms with Crippen LogP contribution >= 0.6 is 38.5 Å². The standard InChI is InChI=1S/C10H5BrIN7O2/c11-6-1-2-7(9(8(6)12)19(20)21)14-4-5(3-13)10-15-17-18-16-10/h1-2,4,14H,(H,15,16,17,18). The van der Waals surface area contributed by atoms with E-state index >= 15 is 0 Å². The molecule has 0 radical (unpaired) electrons. The molecular weight excluding hydrogens is 457 g/mol. The van der Waals surface area contributed by atoms with E-state index in [0.29, 0.717) is 8.04 Å². The largest absolute Gasteiger partial charge is 0.355 e. The van der Waals surface area contributed by atoms with E-state index in [4.69, 9.17) is 5.26 Å². The molecule has 106 valence electrons. The number of benzene rings is 1. The molecule has 11 heteroatoms. The lowest BCUT2D eigenvalue weighted by Gasteiger charge is -2.06. The highest BCUT2D eigenvalue weighted by Crippen LogP contribution is 2.35. The predicted molar refractivity (Wildman–Crippen MR) is 84.9 cm³/mol. The van der Waals surface area contributed by atoms with Crippen molar-refractivity contribution in [3.63, 3.8) is 0 Å². The minimum absolute atomic E-state index is 0.0911. The second-order valence-corrected chi connectivity index (χ2v) is 5.50. The van der Waals surface area contributed by atoms with Gasteiger partial charge in [-0.2, -0.15) is 10.5 Å². The first kappa shape index (κ1) is 15.3. The van der Waals surface area contributed by atoms with Crippen molar-refractivity contribution in [2.45, 2.75) is 0 Å². The number of tetrazole rings is 1. The lowest BCUT2D eigenvalue weighted by atomic mass is 10.2. The van der Waals surface area contributed by atoms with Gasteiger partial charge in [0.25, 0.3) is 0 Å². The van der Waals surface area contributed by atoms with Crippen LogP contribution in [0.3, 0.4) is 0 Å². The first-order valence-corrected chi connectivity index (χ1v) is 7.14. The average Bonchev–Trinajstić information content (AvgIpc) is 2.97. The number of hydrogen-bond acceptors (Lipinski definition) is 7. The number of H-pyrrole nitrogens is 1. The number of nitro benzene ring substituents is 1. The van der Waals surface area contributed by atoms with E-state index in [9.17, 15) is 10.1 Å². The van der Waals surface area contributed by atoms with Gasteiger partial charge >= 0.3 is 5.69 Å². The Morgan fingerprint density at radius 2 is 2.38 bits per heavy atom. The van der Waals surface area contributed by atoms with Crippen LogP contribution < -0.4 is 5.32 Å². The highest BCUT2D eigenvalue weighted by atomic mass is 127. The molecule has 2 aromatic rings. The maximum Gasteiger partial charge on any atom is 0.307 e. The molecule has 0 amide bonds. The van der Waals surface area contributed by atoms with Crippen LogP contribution in [0.2, 0.25) is 0 Å². The number of anilines is 1. The van der Waals surface area contributed by atoms with Crippen molar-refractivity contribution in [1.82, 2.24) is 20.6 Å². The third-order valence-corrected chi connectivity index (χ3v) is 4.82. The molecule has 0 aliphatic rings. The molecule has 0 saturated carbocycles. The number of nitrogens with zero attached hydrogens (tertiary/aromatic N) is 5. The number of allylic oxidation sites excluding steroid dienone is 1. The Hall–Kier alpha value is -2.07. The zero-order chi connectivity index (χ0) is 15.4. The number of hydrogen-bond donors (Lipinski definition) is 2. The van der Waals surface area contributed by atoms with Gasteiger partial charge in [0.1, 0.15) is 20.9 Å². The molecule has 0 saturated heterocycles. The molecule has 1 heterocycles. The van der Waals surface area contributed by atoms with Crippen LogP contribution in [0.4, 0.5) is 11.4 Å². The Bertz CT molecular complexity index is 754. The molecule has 0 unspecified atom stereocenters. The van der Waals surface area contributed by atoms with Crippen molar-refractivity contribution in [2.75, 3.05) is 5.32 Å². The molecule has 0 aliphatic carbocycles. The van der Waals surface area contributed by atoms with Crippen LogP contribution in [0, 0.1) is 25.0 Å². The molecule has 1 aromatic heterocycles. The maximum atomic E-state index is 11.2. The van der Waals surface area contributed by atoms with Crippen LogP contribution in [0.25, 0.3) is 5.57 Å². The molecule has 1 aromatic carbocycles. The molecule has 0 bridgehead atoms. The minimum atomic E-state index is -0.497. The summed E-state index contributed by atoms with van der Waals surface area (Å²) in [6, 6.07) is 5.09. The number of halogens is 2. The predicted octanol–water partition coefficient (Wildman–Crippen LogP) is 2.45. The number of aromatic nitrogens is 4. The topological polar surface area (TPSA) is 133 Å². The fourth-order valence-electron chi connectivity index (χ4n) is 1.41. The normalized spacial score (nSPS) is 11.0. The molecule has 2 rings (SSSR count). The molecule has 0 aliphatic heterocycles. The summed E-state index contributed by atoms with van der Waals surface area (Å²) in [6.07, 6.45) is 1.29. The summed E-state index contributed by atoms with van der Waals surface area (Å²) in [5.74, 6) is 0.0967. The van der Waals surface area contributed by atoms with E-state index in [2.05, 4.69) is 41.9 Å². The summed E-state index contributed by atoms with van der Waals surface area (Å²) in [4.78, 5) is 10.7. The Morgan fingerprint density at radius 1 is 1.62 bits per heavy atom. The molecule has 21 heavy (non-hydrogen) atoms. The molecule has 0 spiro atoms. The van der Waals surface area contributed by atoms with Gasteiger partial charge in [-0.15, -0.1) is 10.2 Å². The number of rotatable bonds is 4. The fraction of sp³-hybridized carbons (Fsp3) is 0. The zero-order valence-electron chi connectivity index (χ0n) is 10.0. The average molecular weight is 462 g/mol. The van der Waals surface area contributed by atoms with E-state index in [1.165, 1.54) is 12.3 Å². The number of nitro groups is 1. The fourth-order valence-corrected chi connectivity index (χ4v) is 2.39. The molecule has 2 N–H and O–H groups in total. The second-order valence-electron chi connectivity index (χ2n) is 3.56. The van der Waals surface area contributed by atoms with Crippen LogP contribution in [0.5, 0.6) is 0 Å². The van der Waals surface area contributed by atoms with Crippen molar-refractivity contribution in [1.29, 1.82) is 5.26 Å². The summed E-state index contributed by atoms with van der Waals surface area (Å²) in [6.45, 7) is 0. The molecular formula is C10H5BrIN7O2. The van der Waals surface area contributed by atoms with E-state index in [1.54, 1.807) is 6.07 Å². The van der Waals surface area contributed by atoms with Gasteiger partial charge < -0.3 is 5.32 Å². The Morgan fingerprint density at radius 3 is 2.95 bits per heavy atom. The van der Waals surface area contributed by atoms with Crippen molar-refractivity contribution < 1.29 is 4.92 Å². The summed E-state index contributed by atoms with van der Waals surface area (Å²) in [7, 11) is 0. The lowest BCUT2D eigenvalue weighted by Crippen LogP contribution is -2.00. The Kier molecular flexibility index (Phi) is 4.81. The van der Waals surface area contributed by atoms with Gasteiger partial charge in [0.2, 0.25) is 5.82 Å². The van der Waals surface area contributed by atoms with Crippen LogP contribution in [0.15, 0.2) is 22.8 Å². The lowest BCUT2D eigenvalue weighted by molar-refractivity contribution is -0.384. The van der Waals surface area contributed by atoms with E-state index < -0.39 is 4.92 Å². The smallest absolute Gasteiger partial charge is 0.307 e. The number of nitrogens with one attached hydrogen (secondary N) is 2. The van der Waals surface area contributed by atoms with Gasteiger partial charge in [-0.3, -0.25) is 10.1 Å². The van der Waals surface area contributed by atoms with E-state index in [1.807, 2.05) is 28.7 Å². The van der Waals surface area contributed by atoms with Gasteiger partial charge in [0.05, 0.1) is 4.92 Å². The number of nitriles is 1. The van der Waals surface area contributed by atoms with Crippen LogP contribution in [-0.2, 0) is 0 Å². The Balaban J connectivity index is 2.39. The van der Waals surface area contributed by atoms with Gasteiger partial charge in [0.15, 0.2) is 0 Å². The summed E-state index contributed by atoms with van der Waals surface area (Å²) >= 11 is 5.10. The third kappa shape index (κ3) is 3.34. The van der Waals surface area contributed by atoms with Gasteiger partial charge in [-0.1, -0.05) is 0 Å². The number of aromatic amines is 1. The van der Waals surface area contributed by atoms with E-state index in [-0.39, 0.29) is 22.8 Å². The SMILES string of the molecule is N#CC(=CNc1ccc(Br)c(I)c1[N+](=O)[O-])c1nn[nH]n1. The second kappa shape index (κ2) is 6.59. The highest BCUT2D eigenvalue weighted by Gasteiger charge is 2.20. The molecule has 9 nitrogen and oxygen atoms in total. The summed E-state index contributed by atoms with van der Waals surface area (Å²) in [5.41, 5.74) is 0.256. The van der Waals surface area contributed by atoms with Crippen molar-refractivity contribution in [3.8, 4) is 6.07 Å². The molecule has 0 fully saturated rings.